The summed E-state index contributed by atoms with van der Waals surface area (Å²) in [5.41, 5.74) is 1.90. The van der Waals surface area contributed by atoms with Gasteiger partial charge in [0, 0.05) is 5.88 Å². The Balaban J connectivity index is 0.000000630. The van der Waals surface area contributed by atoms with Gasteiger partial charge in [-0.3, -0.25) is 0 Å². The second-order valence-electron chi connectivity index (χ2n) is 7.31. The van der Waals surface area contributed by atoms with Gasteiger partial charge in [0.05, 0.1) is 27.4 Å². The quantitative estimate of drug-likeness (QED) is 0.250. The van der Waals surface area contributed by atoms with Crippen LogP contribution in [0.3, 0.4) is 0 Å². The van der Waals surface area contributed by atoms with Crippen LogP contribution in [0.1, 0.15) is 38.8 Å². The van der Waals surface area contributed by atoms with E-state index in [-0.39, 0.29) is 13.2 Å². The van der Waals surface area contributed by atoms with Crippen molar-refractivity contribution in [2.75, 3.05) is 27.4 Å². The van der Waals surface area contributed by atoms with Crippen LogP contribution in [0.15, 0.2) is 48.5 Å². The molecule has 212 valence electrons. The Bertz CT molecular complexity index is 907. The molecule has 2 rings (SSSR count). The lowest BCUT2D eigenvalue weighted by molar-refractivity contribution is -0.153. The number of alkyl halides is 1. The van der Waals surface area contributed by atoms with Crippen LogP contribution >= 0.6 is 11.6 Å². The lowest BCUT2D eigenvalue weighted by Crippen LogP contribution is -2.26. The van der Waals surface area contributed by atoms with Crippen molar-refractivity contribution in [3.8, 4) is 11.5 Å². The molecule has 0 aliphatic carbocycles. The molecule has 0 unspecified atom stereocenters. The first-order valence-electron chi connectivity index (χ1n) is 11.8. The molecule has 0 spiro atoms. The summed E-state index contributed by atoms with van der Waals surface area (Å²) in [6.45, 7) is 6.77. The minimum atomic E-state index is -0.991. The molecule has 0 aliphatic rings. The lowest BCUT2D eigenvalue weighted by Gasteiger charge is -2.12. The van der Waals surface area contributed by atoms with Crippen LogP contribution in [0.5, 0.6) is 11.5 Å². The molecule has 0 aromatic heterocycles. The Labute approximate surface area is 228 Å². The Morgan fingerprint density at radius 1 is 0.763 bits per heavy atom. The van der Waals surface area contributed by atoms with E-state index in [2.05, 4.69) is 4.74 Å². The molecule has 2 aromatic carbocycles. The zero-order chi connectivity index (χ0) is 28.9. The SMILES string of the molecule is CCOC(=O)[C@H](C)O.CCOC(=O)[C@H](C)OC(=O)OCc1ccc(OC)cc1.COc1ccc(CCl)cc1. The summed E-state index contributed by atoms with van der Waals surface area (Å²) in [7, 11) is 3.22. The molecule has 38 heavy (non-hydrogen) atoms. The van der Waals surface area contributed by atoms with Gasteiger partial charge in [0.1, 0.15) is 24.2 Å². The van der Waals surface area contributed by atoms with Gasteiger partial charge >= 0.3 is 18.1 Å². The van der Waals surface area contributed by atoms with E-state index in [1.54, 1.807) is 52.3 Å². The summed E-state index contributed by atoms with van der Waals surface area (Å²) >= 11 is 5.58. The molecule has 0 saturated carbocycles. The summed E-state index contributed by atoms with van der Waals surface area (Å²) in [6.07, 6.45) is -2.89. The van der Waals surface area contributed by atoms with Crippen LogP contribution in [0.25, 0.3) is 0 Å². The molecule has 0 heterocycles. The van der Waals surface area contributed by atoms with Crippen molar-refractivity contribution in [1.29, 1.82) is 0 Å². The van der Waals surface area contributed by atoms with Gasteiger partial charge in [-0.1, -0.05) is 24.3 Å². The fourth-order valence-electron chi connectivity index (χ4n) is 2.33. The third-order valence-corrected chi connectivity index (χ3v) is 4.66. The van der Waals surface area contributed by atoms with Crippen molar-refractivity contribution in [3.05, 3.63) is 59.7 Å². The van der Waals surface area contributed by atoms with Gasteiger partial charge in [0.2, 0.25) is 0 Å². The standard InChI is InChI=1S/C14H18O6.C8H9ClO.C5H10O3/c1-4-18-13(15)10(2)20-14(16)19-9-11-5-7-12(17-3)8-6-11;1-10-8-4-2-7(6-9)3-5-8;1-3-8-5(7)4(2)6/h5-8,10H,4,9H2,1-3H3;2-5H,6H2,1H3;4,6H,3H2,1-2H3/t10-;;4-/m0.0/s1. The maximum absolute atomic E-state index is 11.4. The number of rotatable bonds is 10. The highest BCUT2D eigenvalue weighted by molar-refractivity contribution is 6.17. The molecule has 2 atom stereocenters. The third-order valence-electron chi connectivity index (χ3n) is 4.35. The number of hydrogen-bond acceptors (Lipinski definition) is 10. The molecular weight excluding hydrogens is 520 g/mol. The van der Waals surface area contributed by atoms with Crippen LogP contribution in [-0.2, 0) is 41.0 Å². The van der Waals surface area contributed by atoms with Gasteiger partial charge in [-0.25, -0.2) is 14.4 Å². The average molecular weight is 557 g/mol. The molecule has 0 bridgehead atoms. The largest absolute Gasteiger partial charge is 0.509 e. The Morgan fingerprint density at radius 2 is 1.21 bits per heavy atom. The zero-order valence-corrected chi connectivity index (χ0v) is 23.4. The minimum absolute atomic E-state index is 0.0539. The number of methoxy groups -OCH3 is 2. The normalized spacial score (nSPS) is 11.2. The predicted octanol–water partition coefficient (Wildman–Crippen LogP) is 4.66. The first kappa shape index (κ1) is 34.5. The molecule has 11 heteroatoms. The molecule has 0 aliphatic heterocycles. The Hall–Kier alpha value is -3.50. The maximum Gasteiger partial charge on any atom is 0.509 e. The zero-order valence-electron chi connectivity index (χ0n) is 22.6. The number of esters is 2. The van der Waals surface area contributed by atoms with Crippen molar-refractivity contribution >= 4 is 29.7 Å². The summed E-state index contributed by atoms with van der Waals surface area (Å²) in [4.78, 5) is 32.9. The number of carbonyl (C=O) groups excluding carboxylic acids is 3. The van der Waals surface area contributed by atoms with Crippen LogP contribution < -0.4 is 9.47 Å². The first-order chi connectivity index (χ1) is 18.1. The summed E-state index contributed by atoms with van der Waals surface area (Å²) in [5.74, 6) is 0.979. The maximum atomic E-state index is 11.4. The highest BCUT2D eigenvalue weighted by Crippen LogP contribution is 2.13. The third kappa shape index (κ3) is 15.6. The van der Waals surface area contributed by atoms with Crippen molar-refractivity contribution in [2.24, 2.45) is 0 Å². The van der Waals surface area contributed by atoms with Gasteiger partial charge in [-0.05, 0) is 63.1 Å². The van der Waals surface area contributed by atoms with Gasteiger partial charge in [-0.2, -0.15) is 0 Å². The molecule has 10 nitrogen and oxygen atoms in total. The van der Waals surface area contributed by atoms with E-state index in [1.165, 1.54) is 13.8 Å². The van der Waals surface area contributed by atoms with E-state index in [9.17, 15) is 14.4 Å². The number of ether oxygens (including phenoxy) is 6. The highest BCUT2D eigenvalue weighted by atomic mass is 35.5. The smallest absolute Gasteiger partial charge is 0.497 e. The molecule has 0 amide bonds. The number of hydrogen-bond donors (Lipinski definition) is 1. The van der Waals surface area contributed by atoms with Crippen LogP contribution in [0.2, 0.25) is 0 Å². The molecule has 0 fully saturated rings. The van der Waals surface area contributed by atoms with Crippen molar-refractivity contribution in [2.45, 2.75) is 52.4 Å². The van der Waals surface area contributed by atoms with Gasteiger partial charge in [-0.15, -0.1) is 11.6 Å². The summed E-state index contributed by atoms with van der Waals surface area (Å²) in [6, 6.07) is 14.7. The van der Waals surface area contributed by atoms with Gasteiger partial charge in [0.15, 0.2) is 6.10 Å². The average Bonchev–Trinajstić information content (AvgIpc) is 2.93. The number of aliphatic hydroxyl groups is 1. The number of benzene rings is 2. The molecule has 1 N–H and O–H groups in total. The molecule has 2 aromatic rings. The number of aliphatic hydroxyl groups excluding tert-OH is 1. The lowest BCUT2D eigenvalue weighted by atomic mass is 10.2. The van der Waals surface area contributed by atoms with Crippen molar-refractivity contribution in [3.63, 3.8) is 0 Å². The number of carbonyl (C=O) groups is 3. The Morgan fingerprint density at radius 3 is 1.58 bits per heavy atom. The van der Waals surface area contributed by atoms with Gasteiger partial charge in [0.25, 0.3) is 0 Å². The fraction of sp³-hybridized carbons (Fsp3) is 0.444. The number of halogens is 1. The fourth-order valence-corrected chi connectivity index (χ4v) is 2.51. The minimum Gasteiger partial charge on any atom is -0.497 e. The van der Waals surface area contributed by atoms with E-state index in [4.69, 9.17) is 40.4 Å². The van der Waals surface area contributed by atoms with Crippen LogP contribution in [0, 0.1) is 0 Å². The predicted molar refractivity (Wildman–Crippen MR) is 141 cm³/mol. The van der Waals surface area contributed by atoms with Crippen LogP contribution in [0.4, 0.5) is 4.79 Å². The van der Waals surface area contributed by atoms with Crippen LogP contribution in [-0.4, -0.2) is 62.8 Å². The first-order valence-corrected chi connectivity index (χ1v) is 12.3. The second kappa shape index (κ2) is 20.5. The summed E-state index contributed by atoms with van der Waals surface area (Å²) < 4.78 is 28.8. The van der Waals surface area contributed by atoms with Crippen molar-refractivity contribution in [1.82, 2.24) is 0 Å². The summed E-state index contributed by atoms with van der Waals surface area (Å²) in [5, 5.41) is 8.48. The highest BCUT2D eigenvalue weighted by Gasteiger charge is 2.19. The van der Waals surface area contributed by atoms with E-state index < -0.39 is 30.3 Å². The van der Waals surface area contributed by atoms with Gasteiger partial charge < -0.3 is 33.5 Å². The van der Waals surface area contributed by atoms with E-state index in [0.29, 0.717) is 18.2 Å². The van der Waals surface area contributed by atoms with E-state index in [1.807, 2.05) is 24.3 Å². The second-order valence-corrected chi connectivity index (χ2v) is 7.58. The van der Waals surface area contributed by atoms with Crippen molar-refractivity contribution < 1.29 is 47.9 Å². The van der Waals surface area contributed by atoms with E-state index in [0.717, 1.165) is 16.9 Å². The molecule has 0 radical (unpaired) electrons. The monoisotopic (exact) mass is 556 g/mol. The molecular formula is C27H37ClO10. The molecule has 0 saturated heterocycles. The topological polar surface area (TPSA) is 127 Å². The van der Waals surface area contributed by atoms with E-state index >= 15 is 0 Å². The Kier molecular flexibility index (Phi) is 18.7.